The minimum atomic E-state index is 0.656. The van der Waals surface area contributed by atoms with Gasteiger partial charge in [-0.25, -0.2) is 0 Å². The third-order valence-electron chi connectivity index (χ3n) is 6.12. The molecular formula is C15H17N. The highest BCUT2D eigenvalue weighted by atomic mass is 14.9. The first-order valence-electron chi connectivity index (χ1n) is 6.82. The molecule has 0 amide bonds. The van der Waals surface area contributed by atoms with E-state index < -0.39 is 0 Å². The minimum Gasteiger partial charge on any atom is -0.289 e. The predicted octanol–water partition coefficient (Wildman–Crippen LogP) is 2.70. The van der Waals surface area contributed by atoms with Gasteiger partial charge in [0, 0.05) is 12.1 Å². The van der Waals surface area contributed by atoms with Gasteiger partial charge in [0.05, 0.1) is 6.04 Å². The molecule has 0 aromatic heterocycles. The smallest absolute Gasteiger partial charge is 0.0596 e. The van der Waals surface area contributed by atoms with Crippen molar-refractivity contribution in [2.45, 2.75) is 18.9 Å². The van der Waals surface area contributed by atoms with Crippen LogP contribution in [-0.2, 0) is 0 Å². The van der Waals surface area contributed by atoms with Crippen molar-refractivity contribution in [3.63, 3.8) is 0 Å². The van der Waals surface area contributed by atoms with Crippen LogP contribution >= 0.6 is 0 Å². The van der Waals surface area contributed by atoms with E-state index in [1.807, 2.05) is 6.21 Å². The second-order valence-corrected chi connectivity index (χ2v) is 6.42. The zero-order valence-corrected chi connectivity index (χ0v) is 9.37. The number of dihydropyridines is 1. The lowest BCUT2D eigenvalue weighted by atomic mass is 9.67. The molecule has 0 saturated heterocycles. The Morgan fingerprint density at radius 1 is 0.875 bits per heavy atom. The van der Waals surface area contributed by atoms with Crippen LogP contribution in [0.2, 0.25) is 0 Å². The lowest BCUT2D eigenvalue weighted by Crippen LogP contribution is -2.39. The van der Waals surface area contributed by atoms with E-state index in [2.05, 4.69) is 24.3 Å². The zero-order chi connectivity index (χ0) is 10.3. The average Bonchev–Trinajstić information content (AvgIpc) is 3.07. The van der Waals surface area contributed by atoms with Gasteiger partial charge in [-0.05, 0) is 54.4 Å². The molecule has 8 unspecified atom stereocenters. The fraction of sp³-hybridized carbons (Fsp3) is 0.667. The molecule has 3 saturated carbocycles. The maximum atomic E-state index is 4.78. The number of allylic oxidation sites excluding steroid dienone is 3. The third kappa shape index (κ3) is 0.742. The van der Waals surface area contributed by atoms with Crippen molar-refractivity contribution < 1.29 is 0 Å². The molecule has 8 atom stereocenters. The quantitative estimate of drug-likeness (QED) is 0.431. The standard InChI is InChI=1S/C15H17N/c1-2-10-11-7-12(15(10)16-5-1)14-9-4-3-8(6-9)13(11)14/h1-5,8-15H,6-7H2. The van der Waals surface area contributed by atoms with Gasteiger partial charge in [-0.3, -0.25) is 4.99 Å². The maximum absolute atomic E-state index is 4.78. The van der Waals surface area contributed by atoms with Crippen LogP contribution in [0.1, 0.15) is 12.8 Å². The molecule has 1 aliphatic heterocycles. The number of hydrogen-bond acceptors (Lipinski definition) is 1. The molecule has 3 fully saturated rings. The molecule has 82 valence electrons. The molecule has 5 rings (SSSR count). The topological polar surface area (TPSA) is 12.4 Å². The van der Waals surface area contributed by atoms with E-state index in [1.54, 1.807) is 0 Å². The lowest BCUT2D eigenvalue weighted by molar-refractivity contribution is 0.152. The van der Waals surface area contributed by atoms with Crippen molar-refractivity contribution >= 4 is 6.21 Å². The molecule has 16 heavy (non-hydrogen) atoms. The third-order valence-corrected chi connectivity index (χ3v) is 6.12. The summed E-state index contributed by atoms with van der Waals surface area (Å²) in [7, 11) is 0. The van der Waals surface area contributed by atoms with Gasteiger partial charge in [0.2, 0.25) is 0 Å². The fourth-order valence-corrected chi connectivity index (χ4v) is 5.85. The molecule has 5 aliphatic rings. The normalized spacial score (nSPS) is 63.0. The molecular weight excluding hydrogens is 194 g/mol. The maximum Gasteiger partial charge on any atom is 0.0596 e. The molecule has 1 heterocycles. The van der Waals surface area contributed by atoms with Crippen LogP contribution in [0.15, 0.2) is 29.3 Å². The van der Waals surface area contributed by atoms with Crippen molar-refractivity contribution in [3.8, 4) is 0 Å². The Bertz CT molecular complexity index is 395. The van der Waals surface area contributed by atoms with E-state index in [-0.39, 0.29) is 0 Å². The van der Waals surface area contributed by atoms with Crippen LogP contribution in [0.25, 0.3) is 0 Å². The van der Waals surface area contributed by atoms with E-state index in [1.165, 1.54) is 12.8 Å². The van der Waals surface area contributed by atoms with Gasteiger partial charge in [0.15, 0.2) is 0 Å². The van der Waals surface area contributed by atoms with Crippen molar-refractivity contribution in [2.24, 2.45) is 46.4 Å². The van der Waals surface area contributed by atoms with E-state index in [4.69, 9.17) is 4.99 Å². The zero-order valence-electron chi connectivity index (χ0n) is 9.37. The second-order valence-electron chi connectivity index (χ2n) is 6.42. The number of aliphatic imine (C=N–C) groups is 1. The summed E-state index contributed by atoms with van der Waals surface area (Å²) in [5.41, 5.74) is 0. The average molecular weight is 211 g/mol. The Kier molecular flexibility index (Phi) is 1.30. The first kappa shape index (κ1) is 8.27. The van der Waals surface area contributed by atoms with Crippen LogP contribution in [0.3, 0.4) is 0 Å². The number of nitrogens with zero attached hydrogens (tertiary/aromatic N) is 1. The van der Waals surface area contributed by atoms with Crippen LogP contribution in [0, 0.1) is 41.4 Å². The molecule has 4 aliphatic carbocycles. The Hall–Kier alpha value is -0.850. The molecule has 1 nitrogen and oxygen atoms in total. The summed E-state index contributed by atoms with van der Waals surface area (Å²) in [5, 5.41) is 0. The largest absolute Gasteiger partial charge is 0.289 e. The highest BCUT2D eigenvalue weighted by Crippen LogP contribution is 2.67. The van der Waals surface area contributed by atoms with Gasteiger partial charge < -0.3 is 0 Å². The van der Waals surface area contributed by atoms with Gasteiger partial charge in [-0.15, -0.1) is 0 Å². The van der Waals surface area contributed by atoms with Gasteiger partial charge in [-0.2, -0.15) is 0 Å². The number of fused-ring (bicyclic) bond motifs is 12. The van der Waals surface area contributed by atoms with Crippen LogP contribution in [0.4, 0.5) is 0 Å². The highest BCUT2D eigenvalue weighted by Gasteiger charge is 2.64. The monoisotopic (exact) mass is 211 g/mol. The molecule has 1 heteroatoms. The van der Waals surface area contributed by atoms with Crippen LogP contribution in [-0.4, -0.2) is 12.3 Å². The van der Waals surface area contributed by atoms with E-state index in [9.17, 15) is 0 Å². The van der Waals surface area contributed by atoms with Crippen molar-refractivity contribution in [1.29, 1.82) is 0 Å². The van der Waals surface area contributed by atoms with Gasteiger partial charge >= 0.3 is 0 Å². The molecule has 0 aromatic rings. The summed E-state index contributed by atoms with van der Waals surface area (Å²) < 4.78 is 0. The molecule has 0 radical (unpaired) electrons. The Balaban J connectivity index is 1.62. The first-order chi connectivity index (χ1) is 7.93. The summed E-state index contributed by atoms with van der Waals surface area (Å²) in [6.07, 6.45) is 14.7. The molecule has 4 bridgehead atoms. The Labute approximate surface area is 96.3 Å². The predicted molar refractivity (Wildman–Crippen MR) is 64.2 cm³/mol. The molecule has 0 aromatic carbocycles. The Morgan fingerprint density at radius 3 is 2.56 bits per heavy atom. The second kappa shape index (κ2) is 2.52. The molecule has 0 spiro atoms. The Morgan fingerprint density at radius 2 is 1.69 bits per heavy atom. The summed E-state index contributed by atoms with van der Waals surface area (Å²) in [6, 6.07) is 0.656. The summed E-state index contributed by atoms with van der Waals surface area (Å²) in [5.74, 6) is 6.57. The van der Waals surface area contributed by atoms with Crippen LogP contribution in [0.5, 0.6) is 0 Å². The summed E-state index contributed by atoms with van der Waals surface area (Å²) in [6.45, 7) is 0. The van der Waals surface area contributed by atoms with Gasteiger partial charge in [0.25, 0.3) is 0 Å². The molecule has 0 N–H and O–H groups in total. The lowest BCUT2D eigenvalue weighted by Gasteiger charge is -2.40. The fourth-order valence-electron chi connectivity index (χ4n) is 5.85. The van der Waals surface area contributed by atoms with Gasteiger partial charge in [0.1, 0.15) is 0 Å². The summed E-state index contributed by atoms with van der Waals surface area (Å²) >= 11 is 0. The number of hydrogen-bond donors (Lipinski definition) is 0. The highest BCUT2D eigenvalue weighted by molar-refractivity contribution is 5.72. The van der Waals surface area contributed by atoms with E-state index >= 15 is 0 Å². The minimum absolute atomic E-state index is 0.656. The van der Waals surface area contributed by atoms with Crippen molar-refractivity contribution in [1.82, 2.24) is 0 Å². The van der Waals surface area contributed by atoms with Crippen molar-refractivity contribution in [3.05, 3.63) is 24.3 Å². The van der Waals surface area contributed by atoms with E-state index in [0.717, 1.165) is 41.4 Å². The summed E-state index contributed by atoms with van der Waals surface area (Å²) in [4.78, 5) is 4.78. The first-order valence-corrected chi connectivity index (χ1v) is 6.82. The van der Waals surface area contributed by atoms with Crippen molar-refractivity contribution in [2.75, 3.05) is 0 Å². The SMILES string of the molecule is C1=CC2C3CC(C2N=C1)C1C2C=CC(C2)C31. The van der Waals surface area contributed by atoms with Gasteiger partial charge in [-0.1, -0.05) is 18.2 Å². The van der Waals surface area contributed by atoms with Crippen LogP contribution < -0.4 is 0 Å². The van der Waals surface area contributed by atoms with E-state index in [0.29, 0.717) is 6.04 Å². The number of rotatable bonds is 0.